The van der Waals surface area contributed by atoms with Crippen molar-refractivity contribution in [2.24, 2.45) is 0 Å². The summed E-state index contributed by atoms with van der Waals surface area (Å²) < 4.78 is 6.14. The van der Waals surface area contributed by atoms with Crippen molar-refractivity contribution in [2.75, 3.05) is 11.1 Å². The average Bonchev–Trinajstić information content (AvgIpc) is 2.75. The molecule has 7 nitrogen and oxygen atoms in total. The van der Waals surface area contributed by atoms with Gasteiger partial charge in [-0.15, -0.1) is 0 Å². The van der Waals surface area contributed by atoms with Gasteiger partial charge < -0.3 is 15.5 Å². The van der Waals surface area contributed by atoms with Crippen LogP contribution in [0.2, 0.25) is 5.02 Å². The van der Waals surface area contributed by atoms with Crippen molar-refractivity contribution in [1.82, 2.24) is 9.97 Å². The van der Waals surface area contributed by atoms with Crippen LogP contribution in [0.5, 0.6) is 0 Å². The number of anilines is 2. The molecule has 1 atom stereocenters. The molecule has 0 fully saturated rings. The van der Waals surface area contributed by atoms with Crippen molar-refractivity contribution in [3.05, 3.63) is 87.1 Å². The Bertz CT molecular complexity index is 1350. The van der Waals surface area contributed by atoms with E-state index in [0.717, 1.165) is 5.56 Å². The lowest BCUT2D eigenvalue weighted by Gasteiger charge is -2.19. The van der Waals surface area contributed by atoms with Gasteiger partial charge in [0.1, 0.15) is 23.7 Å². The zero-order valence-corrected chi connectivity index (χ0v) is 16.6. The van der Waals surface area contributed by atoms with E-state index in [2.05, 4.69) is 20.1 Å². The van der Waals surface area contributed by atoms with Crippen molar-refractivity contribution < 1.29 is 4.42 Å². The fraction of sp³-hybridized carbons (Fsp3) is 0.0909. The first kappa shape index (κ1) is 19.4. The molecule has 0 saturated carbocycles. The second kappa shape index (κ2) is 7.85. The minimum absolute atomic E-state index is 0.0651. The molecule has 30 heavy (non-hydrogen) atoms. The quantitative estimate of drug-likeness (QED) is 0.442. The molecule has 8 heteroatoms. The van der Waals surface area contributed by atoms with Gasteiger partial charge in [0, 0.05) is 5.56 Å². The van der Waals surface area contributed by atoms with E-state index in [4.69, 9.17) is 28.3 Å². The van der Waals surface area contributed by atoms with Crippen molar-refractivity contribution in [3.8, 4) is 11.3 Å². The van der Waals surface area contributed by atoms with E-state index in [1.54, 1.807) is 25.1 Å². The number of nitrogens with zero attached hydrogens (tertiary/aromatic N) is 3. The molecule has 0 aliphatic heterocycles. The predicted octanol–water partition coefficient (Wildman–Crippen LogP) is 5.21. The van der Waals surface area contributed by atoms with Gasteiger partial charge in [-0.2, -0.15) is 0 Å². The Morgan fingerprint density at radius 3 is 2.67 bits per heavy atom. The molecule has 2 aromatic carbocycles. The summed E-state index contributed by atoms with van der Waals surface area (Å²) in [6.07, 6.45) is 1.26. The van der Waals surface area contributed by atoms with E-state index >= 15 is 0 Å². The minimum Gasteiger partial charge on any atom is -0.454 e. The van der Waals surface area contributed by atoms with Gasteiger partial charge in [0.25, 0.3) is 5.69 Å². The number of hydrogen-bond acceptors (Lipinski definition) is 6. The molecular formula is C22H16ClN5O2. The van der Waals surface area contributed by atoms with Crippen molar-refractivity contribution in [3.63, 3.8) is 0 Å². The first-order chi connectivity index (χ1) is 14.5. The summed E-state index contributed by atoms with van der Waals surface area (Å²) >= 11 is 6.29. The molecule has 0 aliphatic rings. The Morgan fingerprint density at radius 2 is 1.93 bits per heavy atom. The van der Waals surface area contributed by atoms with Gasteiger partial charge in [-0.05, 0) is 19.1 Å². The SMILES string of the molecule is [C-]#[N+]c1c(N)ncnc1NC(C)c1c(-c2ccccc2)oc2c(Cl)cccc2c1=O. The molecule has 4 aromatic rings. The van der Waals surface area contributed by atoms with Crippen LogP contribution in [0.25, 0.3) is 27.1 Å². The summed E-state index contributed by atoms with van der Waals surface area (Å²) in [6.45, 7) is 9.15. The van der Waals surface area contributed by atoms with Crippen LogP contribution in [0.15, 0.2) is 64.1 Å². The molecule has 1 unspecified atom stereocenters. The van der Waals surface area contributed by atoms with E-state index in [0.29, 0.717) is 27.3 Å². The summed E-state index contributed by atoms with van der Waals surface area (Å²) in [5.74, 6) is 0.706. The van der Waals surface area contributed by atoms with Gasteiger partial charge in [-0.3, -0.25) is 4.79 Å². The average molecular weight is 418 g/mol. The Hall–Kier alpha value is -3.89. The second-order valence-electron chi connectivity index (χ2n) is 6.59. The highest BCUT2D eigenvalue weighted by Gasteiger charge is 2.23. The molecular weight excluding hydrogens is 402 g/mol. The van der Waals surface area contributed by atoms with Gasteiger partial charge in [0.2, 0.25) is 0 Å². The van der Waals surface area contributed by atoms with Crippen molar-refractivity contribution in [1.29, 1.82) is 0 Å². The summed E-state index contributed by atoms with van der Waals surface area (Å²) in [6, 6.07) is 13.8. The lowest BCUT2D eigenvalue weighted by molar-refractivity contribution is 0.604. The third-order valence-corrected chi connectivity index (χ3v) is 4.99. The number of benzene rings is 2. The molecule has 0 radical (unpaired) electrons. The van der Waals surface area contributed by atoms with Gasteiger partial charge in [0.05, 0.1) is 28.6 Å². The fourth-order valence-electron chi connectivity index (χ4n) is 3.28. The maximum atomic E-state index is 13.5. The summed E-state index contributed by atoms with van der Waals surface area (Å²) in [7, 11) is 0. The third-order valence-electron chi connectivity index (χ3n) is 4.69. The van der Waals surface area contributed by atoms with Crippen LogP contribution in [0, 0.1) is 6.57 Å². The third kappa shape index (κ3) is 3.34. The van der Waals surface area contributed by atoms with Gasteiger partial charge in [0.15, 0.2) is 11.0 Å². The molecule has 0 amide bonds. The number of hydrogen-bond donors (Lipinski definition) is 2. The van der Waals surface area contributed by atoms with E-state index < -0.39 is 6.04 Å². The number of fused-ring (bicyclic) bond motifs is 1. The largest absolute Gasteiger partial charge is 0.454 e. The Balaban J connectivity index is 1.94. The second-order valence-corrected chi connectivity index (χ2v) is 7.00. The maximum Gasteiger partial charge on any atom is 0.268 e. The normalized spacial score (nSPS) is 11.8. The van der Waals surface area contributed by atoms with E-state index in [9.17, 15) is 4.79 Å². The molecule has 0 aliphatic carbocycles. The standard InChI is InChI=1S/C22H16ClN5O2/c1-12(28-22-17(25-2)21(24)26-11-27-22)16-18(29)14-9-6-10-15(23)20(14)30-19(16)13-7-4-3-5-8-13/h3-12H,1H3,(H3,24,26,27,28). The monoisotopic (exact) mass is 417 g/mol. The smallest absolute Gasteiger partial charge is 0.268 e. The number of aromatic nitrogens is 2. The topological polar surface area (TPSA) is 98.4 Å². The van der Waals surface area contributed by atoms with Crippen LogP contribution < -0.4 is 16.5 Å². The number of halogens is 1. The number of nitrogen functional groups attached to an aromatic ring is 1. The lowest BCUT2D eigenvalue weighted by Crippen LogP contribution is -2.20. The van der Waals surface area contributed by atoms with Crippen LogP contribution >= 0.6 is 11.6 Å². The summed E-state index contributed by atoms with van der Waals surface area (Å²) in [5, 5.41) is 3.84. The summed E-state index contributed by atoms with van der Waals surface area (Å²) in [5.41, 5.74) is 7.11. The number of rotatable bonds is 4. The van der Waals surface area contributed by atoms with Crippen LogP contribution in [-0.2, 0) is 0 Å². The molecule has 0 spiro atoms. The molecule has 148 valence electrons. The molecule has 0 bridgehead atoms. The van der Waals surface area contributed by atoms with Gasteiger partial charge >= 0.3 is 0 Å². The van der Waals surface area contributed by atoms with Crippen LogP contribution in [-0.4, -0.2) is 9.97 Å². The zero-order valence-electron chi connectivity index (χ0n) is 15.9. The molecule has 4 rings (SSSR count). The molecule has 2 heterocycles. The Kier molecular flexibility index (Phi) is 5.09. The van der Waals surface area contributed by atoms with Crippen LogP contribution in [0.1, 0.15) is 18.5 Å². The van der Waals surface area contributed by atoms with Crippen LogP contribution in [0.4, 0.5) is 17.3 Å². The highest BCUT2D eigenvalue weighted by Crippen LogP contribution is 2.35. The van der Waals surface area contributed by atoms with Crippen LogP contribution in [0.3, 0.4) is 0 Å². The number of para-hydroxylation sites is 1. The van der Waals surface area contributed by atoms with E-state index in [-0.39, 0.29) is 22.8 Å². The number of nitrogens with one attached hydrogen (secondary N) is 1. The minimum atomic E-state index is -0.547. The first-order valence-corrected chi connectivity index (χ1v) is 9.44. The number of nitrogens with two attached hydrogens (primary N) is 1. The first-order valence-electron chi connectivity index (χ1n) is 9.06. The highest BCUT2D eigenvalue weighted by atomic mass is 35.5. The predicted molar refractivity (Wildman–Crippen MR) is 118 cm³/mol. The van der Waals surface area contributed by atoms with Crippen molar-refractivity contribution in [2.45, 2.75) is 13.0 Å². The fourth-order valence-corrected chi connectivity index (χ4v) is 3.49. The van der Waals surface area contributed by atoms with E-state index in [1.165, 1.54) is 6.33 Å². The van der Waals surface area contributed by atoms with E-state index in [1.807, 2.05) is 30.3 Å². The Morgan fingerprint density at radius 1 is 1.17 bits per heavy atom. The maximum absolute atomic E-state index is 13.5. The molecule has 0 saturated heterocycles. The molecule has 2 aromatic heterocycles. The van der Waals surface area contributed by atoms with Gasteiger partial charge in [-0.1, -0.05) is 48.0 Å². The summed E-state index contributed by atoms with van der Waals surface area (Å²) in [4.78, 5) is 24.8. The molecule has 3 N–H and O–H groups in total. The Labute approximate surface area is 177 Å². The van der Waals surface area contributed by atoms with Gasteiger partial charge in [-0.25, -0.2) is 14.8 Å². The zero-order chi connectivity index (χ0) is 21.3. The lowest BCUT2D eigenvalue weighted by atomic mass is 9.99. The highest BCUT2D eigenvalue weighted by molar-refractivity contribution is 6.34. The van der Waals surface area contributed by atoms with Crippen molar-refractivity contribution >= 4 is 39.9 Å².